The molecule has 0 spiro atoms. The van der Waals surface area contributed by atoms with Crippen LogP contribution in [0.4, 0.5) is 5.69 Å². The van der Waals surface area contributed by atoms with Gasteiger partial charge < -0.3 is 20.1 Å². The second-order valence-corrected chi connectivity index (χ2v) is 7.56. The van der Waals surface area contributed by atoms with Crippen molar-refractivity contribution in [2.45, 2.75) is 13.1 Å². The van der Waals surface area contributed by atoms with Gasteiger partial charge in [-0.05, 0) is 30.8 Å². The number of para-hydroxylation sites is 2. The van der Waals surface area contributed by atoms with E-state index in [-0.39, 0.29) is 12.5 Å². The van der Waals surface area contributed by atoms with Crippen molar-refractivity contribution in [3.63, 3.8) is 0 Å². The molecule has 8 heteroatoms. The first-order chi connectivity index (χ1) is 14.5. The quantitative estimate of drug-likeness (QED) is 0.652. The first kappa shape index (κ1) is 19.9. The maximum Gasteiger partial charge on any atom is 0.329 e. The number of nitrogens with zero attached hydrogens (tertiary/aromatic N) is 3. The van der Waals surface area contributed by atoms with Crippen molar-refractivity contribution in [3.8, 4) is 0 Å². The van der Waals surface area contributed by atoms with Crippen molar-refractivity contribution in [1.82, 2.24) is 19.8 Å². The van der Waals surface area contributed by atoms with Gasteiger partial charge in [-0.25, -0.2) is 4.79 Å². The molecule has 8 nitrogen and oxygen atoms in total. The van der Waals surface area contributed by atoms with E-state index in [1.165, 1.54) is 0 Å². The van der Waals surface area contributed by atoms with Crippen LogP contribution in [0, 0.1) is 0 Å². The van der Waals surface area contributed by atoms with Gasteiger partial charge in [-0.1, -0.05) is 30.3 Å². The van der Waals surface area contributed by atoms with Gasteiger partial charge in [0.05, 0.1) is 10.9 Å². The summed E-state index contributed by atoms with van der Waals surface area (Å²) in [7, 11) is 2.11. The standard InChI is InChI=1S/C22H25N5O3/c1-25-10-12-26(13-11-25)19-9-5-2-6-16(19)14-23-20(28)15-27-21(29)17-7-3-4-8-18(17)24-22(27)30/h2-9H,10-15H2,1H3,(H,23,28)(H,24,30). The summed E-state index contributed by atoms with van der Waals surface area (Å²) >= 11 is 0. The number of aromatic nitrogens is 2. The topological polar surface area (TPSA) is 90.4 Å². The van der Waals surface area contributed by atoms with Crippen molar-refractivity contribution in [2.75, 3.05) is 38.1 Å². The molecule has 2 aromatic carbocycles. The van der Waals surface area contributed by atoms with E-state index in [1.54, 1.807) is 24.3 Å². The van der Waals surface area contributed by atoms with Gasteiger partial charge in [0.25, 0.3) is 5.56 Å². The fraction of sp³-hybridized carbons (Fsp3) is 0.318. The van der Waals surface area contributed by atoms with Crippen LogP contribution in [0.5, 0.6) is 0 Å². The number of amides is 1. The molecule has 0 unspecified atom stereocenters. The molecule has 2 N–H and O–H groups in total. The van der Waals surface area contributed by atoms with Gasteiger partial charge in [0, 0.05) is 38.4 Å². The molecule has 4 rings (SSSR count). The highest BCUT2D eigenvalue weighted by atomic mass is 16.2. The smallest absolute Gasteiger partial charge is 0.329 e. The minimum absolute atomic E-state index is 0.324. The minimum Gasteiger partial charge on any atom is -0.369 e. The molecular formula is C22H25N5O3. The van der Waals surface area contributed by atoms with E-state index in [0.717, 1.165) is 42.0 Å². The van der Waals surface area contributed by atoms with Crippen LogP contribution in [0.25, 0.3) is 10.9 Å². The van der Waals surface area contributed by atoms with Crippen LogP contribution in [-0.2, 0) is 17.9 Å². The zero-order chi connectivity index (χ0) is 21.1. The fourth-order valence-corrected chi connectivity index (χ4v) is 3.75. The lowest BCUT2D eigenvalue weighted by atomic mass is 10.1. The Morgan fingerprint density at radius 1 is 1.00 bits per heavy atom. The van der Waals surface area contributed by atoms with Crippen LogP contribution in [0.2, 0.25) is 0 Å². The Morgan fingerprint density at radius 2 is 1.70 bits per heavy atom. The molecule has 30 heavy (non-hydrogen) atoms. The number of benzene rings is 2. The molecule has 156 valence electrons. The predicted octanol–water partition coefficient (Wildman–Crippen LogP) is 0.758. The maximum atomic E-state index is 12.6. The second kappa shape index (κ2) is 8.54. The third kappa shape index (κ3) is 4.13. The number of H-pyrrole nitrogens is 1. The Labute approximate surface area is 173 Å². The van der Waals surface area contributed by atoms with Crippen LogP contribution in [-0.4, -0.2) is 53.6 Å². The van der Waals surface area contributed by atoms with Crippen LogP contribution < -0.4 is 21.5 Å². The van der Waals surface area contributed by atoms with Crippen molar-refractivity contribution in [1.29, 1.82) is 0 Å². The highest BCUT2D eigenvalue weighted by Crippen LogP contribution is 2.21. The summed E-state index contributed by atoms with van der Waals surface area (Å²) in [6.45, 7) is 3.87. The van der Waals surface area contributed by atoms with Gasteiger partial charge >= 0.3 is 5.69 Å². The Kier molecular flexibility index (Phi) is 5.67. The average molecular weight is 407 g/mol. The average Bonchev–Trinajstić information content (AvgIpc) is 2.76. The Morgan fingerprint density at radius 3 is 2.50 bits per heavy atom. The van der Waals surface area contributed by atoms with Crippen LogP contribution in [0.15, 0.2) is 58.1 Å². The zero-order valence-electron chi connectivity index (χ0n) is 16.9. The number of aromatic amines is 1. The number of carbonyl (C=O) groups is 1. The van der Waals surface area contributed by atoms with Crippen LogP contribution in [0.3, 0.4) is 0 Å². The third-order valence-electron chi connectivity index (χ3n) is 5.50. The van der Waals surface area contributed by atoms with Gasteiger partial charge in [-0.3, -0.25) is 14.2 Å². The van der Waals surface area contributed by atoms with E-state index < -0.39 is 11.2 Å². The molecule has 2 heterocycles. The van der Waals surface area contributed by atoms with Gasteiger partial charge in [0.1, 0.15) is 6.54 Å². The molecule has 0 saturated carbocycles. The molecule has 0 atom stereocenters. The number of rotatable bonds is 5. The molecule has 1 aliphatic heterocycles. The number of nitrogens with one attached hydrogen (secondary N) is 2. The van der Waals surface area contributed by atoms with Crippen molar-refractivity contribution >= 4 is 22.5 Å². The van der Waals surface area contributed by atoms with Crippen molar-refractivity contribution in [2.24, 2.45) is 0 Å². The number of likely N-dealkylation sites (N-methyl/N-ethyl adjacent to an activating group) is 1. The summed E-state index contributed by atoms with van der Waals surface area (Å²) in [4.78, 5) is 44.6. The van der Waals surface area contributed by atoms with Crippen LogP contribution >= 0.6 is 0 Å². The molecule has 1 saturated heterocycles. The molecular weight excluding hydrogens is 382 g/mol. The van der Waals surface area contributed by atoms with Crippen molar-refractivity contribution in [3.05, 3.63) is 74.9 Å². The minimum atomic E-state index is -0.591. The number of hydrogen-bond acceptors (Lipinski definition) is 5. The molecule has 0 radical (unpaired) electrons. The van der Waals surface area contributed by atoms with Gasteiger partial charge in [-0.2, -0.15) is 0 Å². The molecule has 3 aromatic rings. The molecule has 1 aliphatic rings. The molecule has 1 fully saturated rings. The molecule has 1 amide bonds. The Bertz CT molecular complexity index is 1180. The normalized spacial score (nSPS) is 14.8. The van der Waals surface area contributed by atoms with E-state index in [4.69, 9.17) is 0 Å². The van der Waals surface area contributed by atoms with E-state index in [9.17, 15) is 14.4 Å². The maximum absolute atomic E-state index is 12.6. The molecule has 0 bridgehead atoms. The summed E-state index contributed by atoms with van der Waals surface area (Å²) in [6.07, 6.45) is 0. The third-order valence-corrected chi connectivity index (χ3v) is 5.50. The fourth-order valence-electron chi connectivity index (χ4n) is 3.75. The summed E-state index contributed by atoms with van der Waals surface area (Å²) in [5.41, 5.74) is 1.51. The lowest BCUT2D eigenvalue weighted by Crippen LogP contribution is -2.45. The Hall–Kier alpha value is -3.39. The lowest BCUT2D eigenvalue weighted by molar-refractivity contribution is -0.121. The predicted molar refractivity (Wildman–Crippen MR) is 117 cm³/mol. The number of hydrogen-bond donors (Lipinski definition) is 2. The number of anilines is 1. The lowest BCUT2D eigenvalue weighted by Gasteiger charge is -2.35. The van der Waals surface area contributed by atoms with Crippen LogP contribution in [0.1, 0.15) is 5.56 Å². The van der Waals surface area contributed by atoms with E-state index in [2.05, 4.69) is 33.2 Å². The van der Waals surface area contributed by atoms with Crippen molar-refractivity contribution < 1.29 is 4.79 Å². The number of carbonyl (C=O) groups excluding carboxylic acids is 1. The zero-order valence-corrected chi connectivity index (χ0v) is 16.9. The monoisotopic (exact) mass is 407 g/mol. The summed E-state index contributed by atoms with van der Waals surface area (Å²) < 4.78 is 0.935. The second-order valence-electron chi connectivity index (χ2n) is 7.56. The number of fused-ring (bicyclic) bond motifs is 1. The first-order valence-corrected chi connectivity index (χ1v) is 10.0. The SMILES string of the molecule is CN1CCN(c2ccccc2CNC(=O)Cn2c(=O)[nH]c3ccccc3c2=O)CC1. The van der Waals surface area contributed by atoms with Gasteiger partial charge in [0.2, 0.25) is 5.91 Å². The highest BCUT2D eigenvalue weighted by molar-refractivity contribution is 5.79. The van der Waals surface area contributed by atoms with E-state index >= 15 is 0 Å². The largest absolute Gasteiger partial charge is 0.369 e. The summed E-state index contributed by atoms with van der Waals surface area (Å²) in [5, 5.41) is 3.23. The first-order valence-electron chi connectivity index (χ1n) is 10.0. The summed E-state index contributed by atoms with van der Waals surface area (Å²) in [6, 6.07) is 14.8. The van der Waals surface area contributed by atoms with Gasteiger partial charge in [-0.15, -0.1) is 0 Å². The summed E-state index contributed by atoms with van der Waals surface area (Å²) in [5.74, 6) is -0.383. The highest BCUT2D eigenvalue weighted by Gasteiger charge is 2.17. The number of piperazine rings is 1. The Balaban J connectivity index is 1.47. The van der Waals surface area contributed by atoms with E-state index in [1.807, 2.05) is 18.2 Å². The molecule has 1 aromatic heterocycles. The van der Waals surface area contributed by atoms with Gasteiger partial charge in [0.15, 0.2) is 0 Å². The molecule has 0 aliphatic carbocycles. The van der Waals surface area contributed by atoms with E-state index in [0.29, 0.717) is 17.4 Å².